The molecular weight excluding hydrogens is 226 g/mol. The Morgan fingerprint density at radius 3 is 2.81 bits per heavy atom. The summed E-state index contributed by atoms with van der Waals surface area (Å²) >= 11 is 1.56. The van der Waals surface area contributed by atoms with E-state index < -0.39 is 5.97 Å². The Labute approximate surface area is 96.3 Å². The van der Waals surface area contributed by atoms with Crippen LogP contribution in [0.5, 0.6) is 0 Å². The second kappa shape index (κ2) is 4.40. The number of aromatic nitrogens is 1. The first-order valence-corrected chi connectivity index (χ1v) is 5.77. The smallest absolute Gasteiger partial charge is 0.357 e. The summed E-state index contributed by atoms with van der Waals surface area (Å²) in [5.41, 5.74) is 0.730. The zero-order valence-electron chi connectivity index (χ0n) is 8.51. The Morgan fingerprint density at radius 1 is 1.44 bits per heavy atom. The number of carboxylic acids is 1. The summed E-state index contributed by atoms with van der Waals surface area (Å²) < 4.78 is 5.15. The van der Waals surface area contributed by atoms with Crippen LogP contribution in [0.25, 0.3) is 11.5 Å². The summed E-state index contributed by atoms with van der Waals surface area (Å²) in [4.78, 5) is 15.6. The van der Waals surface area contributed by atoms with Gasteiger partial charge in [-0.1, -0.05) is 12.1 Å². The van der Waals surface area contributed by atoms with Crippen molar-refractivity contribution in [2.45, 2.75) is 4.90 Å². The van der Waals surface area contributed by atoms with Crippen molar-refractivity contribution >= 4 is 17.7 Å². The van der Waals surface area contributed by atoms with Gasteiger partial charge in [0, 0.05) is 4.90 Å². The van der Waals surface area contributed by atoms with Crippen molar-refractivity contribution in [2.24, 2.45) is 0 Å². The fraction of sp³-hybridized carbons (Fsp3) is 0.0909. The highest BCUT2D eigenvalue weighted by Crippen LogP contribution is 2.29. The van der Waals surface area contributed by atoms with E-state index in [-0.39, 0.29) is 5.69 Å². The van der Waals surface area contributed by atoms with E-state index in [1.165, 1.54) is 0 Å². The largest absolute Gasteiger partial charge is 0.476 e. The molecular formula is C11H9NO3S. The van der Waals surface area contributed by atoms with E-state index in [0.717, 1.165) is 16.7 Å². The average molecular weight is 235 g/mol. The molecule has 0 bridgehead atoms. The van der Waals surface area contributed by atoms with Crippen LogP contribution in [0.15, 0.2) is 39.8 Å². The van der Waals surface area contributed by atoms with E-state index in [4.69, 9.17) is 9.52 Å². The molecule has 0 aliphatic carbocycles. The monoisotopic (exact) mass is 235 g/mol. The molecule has 0 spiro atoms. The Morgan fingerprint density at radius 2 is 2.19 bits per heavy atom. The molecule has 82 valence electrons. The van der Waals surface area contributed by atoms with Crippen molar-refractivity contribution in [2.75, 3.05) is 6.26 Å². The van der Waals surface area contributed by atoms with Crippen LogP contribution in [0.4, 0.5) is 0 Å². The number of benzene rings is 1. The lowest BCUT2D eigenvalue weighted by molar-refractivity contribution is 0.0690. The number of carboxylic acid groups (broad SMARTS) is 1. The fourth-order valence-electron chi connectivity index (χ4n) is 1.32. The van der Waals surface area contributed by atoms with Crippen LogP contribution in [-0.2, 0) is 0 Å². The lowest BCUT2D eigenvalue weighted by atomic mass is 10.2. The van der Waals surface area contributed by atoms with Crippen molar-refractivity contribution in [3.63, 3.8) is 0 Å². The quantitative estimate of drug-likeness (QED) is 0.829. The molecule has 1 N–H and O–H groups in total. The van der Waals surface area contributed by atoms with E-state index in [1.54, 1.807) is 11.8 Å². The van der Waals surface area contributed by atoms with Crippen LogP contribution in [0.3, 0.4) is 0 Å². The number of aromatic carboxylic acids is 1. The van der Waals surface area contributed by atoms with Gasteiger partial charge in [-0.25, -0.2) is 9.78 Å². The van der Waals surface area contributed by atoms with Gasteiger partial charge in [0.05, 0.1) is 5.56 Å². The number of hydrogen-bond donors (Lipinski definition) is 1. The zero-order valence-corrected chi connectivity index (χ0v) is 9.32. The van der Waals surface area contributed by atoms with Crippen molar-refractivity contribution < 1.29 is 14.3 Å². The molecule has 1 aromatic carbocycles. The van der Waals surface area contributed by atoms with Crippen LogP contribution in [-0.4, -0.2) is 22.3 Å². The zero-order chi connectivity index (χ0) is 11.5. The normalized spacial score (nSPS) is 10.3. The number of thioether (sulfide) groups is 1. The standard InChI is InChI=1S/C11H9NO3S/c1-16-9-5-3-2-4-7(9)10-12-8(6-15-10)11(13)14/h2-6H,1H3,(H,13,14). The first kappa shape index (κ1) is 10.8. The van der Waals surface area contributed by atoms with Gasteiger partial charge in [0.25, 0.3) is 0 Å². The third-order valence-corrected chi connectivity index (χ3v) is 2.86. The molecule has 0 unspecified atom stereocenters. The van der Waals surface area contributed by atoms with Gasteiger partial charge in [0.1, 0.15) is 6.26 Å². The number of oxazole rings is 1. The van der Waals surface area contributed by atoms with E-state index >= 15 is 0 Å². The van der Waals surface area contributed by atoms with Gasteiger partial charge in [0.2, 0.25) is 5.89 Å². The third kappa shape index (κ3) is 1.94. The lowest BCUT2D eigenvalue weighted by Crippen LogP contribution is -1.95. The molecule has 5 heteroatoms. The van der Waals surface area contributed by atoms with E-state index in [2.05, 4.69) is 4.98 Å². The Balaban J connectivity index is 2.46. The van der Waals surface area contributed by atoms with Crippen molar-refractivity contribution in [3.8, 4) is 11.5 Å². The first-order chi connectivity index (χ1) is 7.72. The lowest BCUT2D eigenvalue weighted by Gasteiger charge is -2.01. The highest BCUT2D eigenvalue weighted by atomic mass is 32.2. The minimum Gasteiger partial charge on any atom is -0.476 e. The van der Waals surface area contributed by atoms with Gasteiger partial charge in [-0.05, 0) is 18.4 Å². The summed E-state index contributed by atoms with van der Waals surface area (Å²) in [5, 5.41) is 8.74. The number of hydrogen-bond acceptors (Lipinski definition) is 4. The number of nitrogens with zero attached hydrogens (tertiary/aromatic N) is 1. The highest BCUT2D eigenvalue weighted by Gasteiger charge is 2.13. The van der Waals surface area contributed by atoms with Gasteiger partial charge in [0.15, 0.2) is 5.69 Å². The Hall–Kier alpha value is -1.75. The summed E-state index contributed by atoms with van der Waals surface area (Å²) in [6.45, 7) is 0. The van der Waals surface area contributed by atoms with E-state index in [0.29, 0.717) is 5.89 Å². The van der Waals surface area contributed by atoms with Gasteiger partial charge >= 0.3 is 5.97 Å². The molecule has 0 fully saturated rings. The van der Waals surface area contributed by atoms with Crippen LogP contribution in [0.2, 0.25) is 0 Å². The molecule has 0 amide bonds. The summed E-state index contributed by atoms with van der Waals surface area (Å²) in [6, 6.07) is 7.56. The maximum absolute atomic E-state index is 10.7. The molecule has 2 aromatic rings. The Kier molecular flexibility index (Phi) is 2.96. The molecule has 1 aromatic heterocycles. The molecule has 4 nitrogen and oxygen atoms in total. The van der Waals surface area contributed by atoms with Gasteiger partial charge in [-0.3, -0.25) is 0 Å². The first-order valence-electron chi connectivity index (χ1n) is 4.54. The maximum Gasteiger partial charge on any atom is 0.357 e. The molecule has 0 atom stereocenters. The second-order valence-corrected chi connectivity index (χ2v) is 3.89. The topological polar surface area (TPSA) is 63.3 Å². The summed E-state index contributed by atoms with van der Waals surface area (Å²) in [6.07, 6.45) is 3.09. The highest BCUT2D eigenvalue weighted by molar-refractivity contribution is 7.98. The SMILES string of the molecule is CSc1ccccc1-c1nc(C(=O)O)co1. The molecule has 0 saturated heterocycles. The third-order valence-electron chi connectivity index (χ3n) is 2.06. The van der Waals surface area contributed by atoms with Crippen LogP contribution >= 0.6 is 11.8 Å². The van der Waals surface area contributed by atoms with Gasteiger partial charge in [-0.2, -0.15) is 0 Å². The second-order valence-electron chi connectivity index (χ2n) is 3.04. The minimum atomic E-state index is -1.09. The average Bonchev–Trinajstić information content (AvgIpc) is 2.78. The minimum absolute atomic E-state index is 0.0779. The number of carbonyl (C=O) groups is 1. The molecule has 1 heterocycles. The van der Waals surface area contributed by atoms with Crippen molar-refractivity contribution in [1.82, 2.24) is 4.98 Å². The predicted molar refractivity (Wildman–Crippen MR) is 60.7 cm³/mol. The predicted octanol–water partition coefficient (Wildman–Crippen LogP) is 2.76. The molecule has 0 radical (unpaired) electrons. The van der Waals surface area contributed by atoms with E-state index in [1.807, 2.05) is 30.5 Å². The summed E-state index contributed by atoms with van der Waals surface area (Å²) in [7, 11) is 0. The molecule has 16 heavy (non-hydrogen) atoms. The van der Waals surface area contributed by atoms with Crippen molar-refractivity contribution in [3.05, 3.63) is 36.2 Å². The molecule has 0 aliphatic heterocycles. The van der Waals surface area contributed by atoms with Gasteiger partial charge in [-0.15, -0.1) is 11.8 Å². The molecule has 2 rings (SSSR count). The fourth-order valence-corrected chi connectivity index (χ4v) is 1.91. The van der Waals surface area contributed by atoms with E-state index in [9.17, 15) is 4.79 Å². The summed E-state index contributed by atoms with van der Waals surface area (Å²) in [5.74, 6) is -0.751. The Bertz CT molecular complexity index is 521. The van der Waals surface area contributed by atoms with Crippen molar-refractivity contribution in [1.29, 1.82) is 0 Å². The number of rotatable bonds is 3. The van der Waals surface area contributed by atoms with Gasteiger partial charge < -0.3 is 9.52 Å². The van der Waals surface area contributed by atoms with Crippen LogP contribution < -0.4 is 0 Å². The maximum atomic E-state index is 10.7. The van der Waals surface area contributed by atoms with Crippen LogP contribution in [0.1, 0.15) is 10.5 Å². The van der Waals surface area contributed by atoms with Crippen LogP contribution in [0, 0.1) is 0 Å². The molecule has 0 aliphatic rings. The molecule has 0 saturated carbocycles.